The van der Waals surface area contributed by atoms with Gasteiger partial charge in [-0.3, -0.25) is 9.59 Å². The molecule has 1 amide bonds. The van der Waals surface area contributed by atoms with Crippen LogP contribution in [0.2, 0.25) is 0 Å². The molecule has 0 spiro atoms. The second-order valence-corrected chi connectivity index (χ2v) is 7.01. The number of aryl methyl sites for hydroxylation is 1. The smallest absolute Gasteiger partial charge is 0.308 e. The van der Waals surface area contributed by atoms with Gasteiger partial charge in [0.15, 0.2) is 0 Å². The summed E-state index contributed by atoms with van der Waals surface area (Å²) in [7, 11) is 0. The molecule has 0 radical (unpaired) electrons. The van der Waals surface area contributed by atoms with Gasteiger partial charge in [0.1, 0.15) is 5.75 Å². The maximum atomic E-state index is 12.3. The molecule has 0 saturated carbocycles. The maximum absolute atomic E-state index is 12.3. The number of carbonyl (C=O) groups excluding carboxylic acids is 2. The fourth-order valence-electron chi connectivity index (χ4n) is 3.82. The first-order valence-corrected chi connectivity index (χ1v) is 9.76. The number of hydrogen-bond acceptors (Lipinski definition) is 3. The third-order valence-electron chi connectivity index (χ3n) is 5.08. The van der Waals surface area contributed by atoms with E-state index in [1.54, 1.807) is 12.1 Å². The van der Waals surface area contributed by atoms with Gasteiger partial charge in [0.25, 0.3) is 5.91 Å². The molecule has 1 heterocycles. The molecule has 3 aromatic rings. The van der Waals surface area contributed by atoms with Gasteiger partial charge in [-0.05, 0) is 43.0 Å². The summed E-state index contributed by atoms with van der Waals surface area (Å²) in [5, 5.41) is 0. The van der Waals surface area contributed by atoms with Crippen LogP contribution in [0.4, 0.5) is 0 Å². The van der Waals surface area contributed by atoms with Crippen molar-refractivity contribution in [2.24, 2.45) is 5.73 Å². The van der Waals surface area contributed by atoms with E-state index in [1.165, 1.54) is 12.5 Å². The van der Waals surface area contributed by atoms with E-state index < -0.39 is 5.91 Å². The van der Waals surface area contributed by atoms with Crippen molar-refractivity contribution < 1.29 is 14.3 Å². The normalized spacial score (nSPS) is 10.7. The molecule has 29 heavy (non-hydrogen) atoms. The Kier molecular flexibility index (Phi) is 6.17. The number of carbonyl (C=O) groups is 2. The molecule has 3 rings (SSSR count). The molecule has 0 aliphatic rings. The molecule has 150 valence electrons. The highest BCUT2D eigenvalue weighted by molar-refractivity contribution is 6.02. The number of nitrogens with two attached hydrogens (primary N) is 1. The minimum Gasteiger partial charge on any atom is -0.427 e. The molecule has 0 aliphatic carbocycles. The van der Waals surface area contributed by atoms with Crippen molar-refractivity contribution in [2.45, 2.75) is 40.2 Å². The highest BCUT2D eigenvalue weighted by Gasteiger charge is 2.23. The number of aromatic nitrogens is 1. The van der Waals surface area contributed by atoms with Crippen molar-refractivity contribution in [3.05, 3.63) is 77.1 Å². The average molecular weight is 390 g/mol. The molecule has 0 unspecified atom stereocenters. The summed E-state index contributed by atoms with van der Waals surface area (Å²) in [5.41, 5.74) is 11.3. The monoisotopic (exact) mass is 390 g/mol. The van der Waals surface area contributed by atoms with Gasteiger partial charge in [-0.2, -0.15) is 0 Å². The Balaban J connectivity index is 2.03. The van der Waals surface area contributed by atoms with E-state index in [9.17, 15) is 9.59 Å². The summed E-state index contributed by atoms with van der Waals surface area (Å²) in [6.45, 7) is 6.16. The predicted octanol–water partition coefficient (Wildman–Crippen LogP) is 4.29. The van der Waals surface area contributed by atoms with Crippen LogP contribution in [-0.4, -0.2) is 16.4 Å². The van der Waals surface area contributed by atoms with E-state index in [1.807, 2.05) is 37.3 Å². The Labute approximate surface area is 171 Å². The minimum absolute atomic E-state index is 0.368. The van der Waals surface area contributed by atoms with E-state index >= 15 is 0 Å². The molecule has 0 fully saturated rings. The third-order valence-corrected chi connectivity index (χ3v) is 5.08. The fraction of sp³-hybridized carbons (Fsp3) is 0.250. The standard InChI is InChI=1S/C24H26N2O3/c1-4-21-23(19-10-12-20(13-11-19)29-17(3)27)22(24(25)28)16(2)26(21)15-14-18-8-6-5-7-9-18/h5-13H,4,14-15H2,1-3H3,(H2,25,28). The van der Waals surface area contributed by atoms with Crippen LogP contribution in [0.5, 0.6) is 5.75 Å². The van der Waals surface area contributed by atoms with E-state index in [0.717, 1.165) is 41.9 Å². The first kappa shape index (κ1) is 20.4. The summed E-state index contributed by atoms with van der Waals surface area (Å²) in [4.78, 5) is 23.5. The van der Waals surface area contributed by atoms with Crippen LogP contribution >= 0.6 is 0 Å². The van der Waals surface area contributed by atoms with Crippen molar-refractivity contribution in [2.75, 3.05) is 0 Å². The SMILES string of the molecule is CCc1c(-c2ccc(OC(C)=O)cc2)c(C(N)=O)c(C)n1CCc1ccccc1. The van der Waals surface area contributed by atoms with Crippen molar-refractivity contribution >= 4 is 11.9 Å². The van der Waals surface area contributed by atoms with Crippen molar-refractivity contribution in [1.82, 2.24) is 4.57 Å². The number of hydrogen-bond donors (Lipinski definition) is 1. The molecule has 1 aromatic heterocycles. The molecular weight excluding hydrogens is 364 g/mol. The van der Waals surface area contributed by atoms with Crippen molar-refractivity contribution in [1.29, 1.82) is 0 Å². The van der Waals surface area contributed by atoms with Crippen molar-refractivity contribution in [3.8, 4) is 16.9 Å². The highest BCUT2D eigenvalue weighted by atomic mass is 16.5. The highest BCUT2D eigenvalue weighted by Crippen LogP contribution is 2.34. The molecular formula is C24H26N2O3. The van der Waals surface area contributed by atoms with Gasteiger partial charge in [0.05, 0.1) is 5.56 Å². The van der Waals surface area contributed by atoms with Crippen LogP contribution < -0.4 is 10.5 Å². The lowest BCUT2D eigenvalue weighted by molar-refractivity contribution is -0.131. The first-order chi connectivity index (χ1) is 13.9. The molecule has 5 nitrogen and oxygen atoms in total. The summed E-state index contributed by atoms with van der Waals surface area (Å²) in [6, 6.07) is 17.5. The summed E-state index contributed by atoms with van der Waals surface area (Å²) >= 11 is 0. The van der Waals surface area contributed by atoms with Crippen LogP contribution in [0, 0.1) is 6.92 Å². The Hall–Kier alpha value is -3.34. The number of nitrogens with zero attached hydrogens (tertiary/aromatic N) is 1. The lowest BCUT2D eigenvalue weighted by atomic mass is 9.98. The van der Waals surface area contributed by atoms with Gasteiger partial charge >= 0.3 is 5.97 Å². The Morgan fingerprint density at radius 3 is 2.24 bits per heavy atom. The number of benzene rings is 2. The fourth-order valence-corrected chi connectivity index (χ4v) is 3.82. The van der Waals surface area contributed by atoms with E-state index in [4.69, 9.17) is 10.5 Å². The molecule has 0 aliphatic heterocycles. The number of primary amides is 1. The third kappa shape index (κ3) is 4.40. The number of ether oxygens (including phenoxy) is 1. The minimum atomic E-state index is -0.435. The van der Waals surface area contributed by atoms with Gasteiger partial charge in [-0.25, -0.2) is 0 Å². The molecule has 2 aromatic carbocycles. The van der Waals surface area contributed by atoms with E-state index in [-0.39, 0.29) is 5.97 Å². The second kappa shape index (κ2) is 8.78. The molecule has 0 atom stereocenters. The van der Waals surface area contributed by atoms with Gasteiger partial charge in [-0.1, -0.05) is 49.4 Å². The summed E-state index contributed by atoms with van der Waals surface area (Å²) < 4.78 is 7.32. The largest absolute Gasteiger partial charge is 0.427 e. The molecule has 2 N–H and O–H groups in total. The number of amides is 1. The van der Waals surface area contributed by atoms with Crippen LogP contribution in [0.25, 0.3) is 11.1 Å². The summed E-state index contributed by atoms with van der Waals surface area (Å²) in [5.74, 6) is -0.331. The predicted molar refractivity (Wildman–Crippen MR) is 114 cm³/mol. The number of rotatable bonds is 7. The van der Waals surface area contributed by atoms with E-state index in [0.29, 0.717) is 11.3 Å². The van der Waals surface area contributed by atoms with Gasteiger partial charge < -0.3 is 15.0 Å². The zero-order chi connectivity index (χ0) is 21.0. The average Bonchev–Trinajstić information content (AvgIpc) is 2.99. The zero-order valence-corrected chi connectivity index (χ0v) is 17.1. The van der Waals surface area contributed by atoms with Crippen LogP contribution in [0.1, 0.15) is 41.2 Å². The lowest BCUT2D eigenvalue weighted by Crippen LogP contribution is -2.14. The van der Waals surface area contributed by atoms with Gasteiger partial charge in [-0.15, -0.1) is 0 Å². The van der Waals surface area contributed by atoms with Crippen LogP contribution in [-0.2, 0) is 24.2 Å². The van der Waals surface area contributed by atoms with Gasteiger partial charge in [0.2, 0.25) is 0 Å². The topological polar surface area (TPSA) is 74.3 Å². The Morgan fingerprint density at radius 1 is 1.03 bits per heavy atom. The second-order valence-electron chi connectivity index (χ2n) is 7.01. The van der Waals surface area contributed by atoms with Gasteiger partial charge in [0, 0.05) is 30.4 Å². The van der Waals surface area contributed by atoms with E-state index in [2.05, 4.69) is 23.6 Å². The molecule has 0 bridgehead atoms. The molecule has 0 saturated heterocycles. The Morgan fingerprint density at radius 2 is 1.69 bits per heavy atom. The van der Waals surface area contributed by atoms with Crippen LogP contribution in [0.3, 0.4) is 0 Å². The van der Waals surface area contributed by atoms with Crippen LogP contribution in [0.15, 0.2) is 54.6 Å². The quantitative estimate of drug-likeness (QED) is 0.483. The Bertz CT molecular complexity index is 1020. The lowest BCUT2D eigenvalue weighted by Gasteiger charge is -2.12. The first-order valence-electron chi connectivity index (χ1n) is 9.76. The molecule has 5 heteroatoms. The zero-order valence-electron chi connectivity index (χ0n) is 17.1. The van der Waals surface area contributed by atoms with Crippen molar-refractivity contribution in [3.63, 3.8) is 0 Å². The summed E-state index contributed by atoms with van der Waals surface area (Å²) in [6.07, 6.45) is 1.64. The maximum Gasteiger partial charge on any atom is 0.308 e. The number of esters is 1.